The van der Waals surface area contributed by atoms with Crippen LogP contribution in [0.4, 0.5) is 10.1 Å². The summed E-state index contributed by atoms with van der Waals surface area (Å²) in [5, 5.41) is 9.51. The molecule has 0 bridgehead atoms. The minimum atomic E-state index is -1.27. The number of hydrogen-bond acceptors (Lipinski definition) is 5. The van der Waals surface area contributed by atoms with Crippen LogP contribution < -0.4 is 16.1 Å². The fourth-order valence-corrected chi connectivity index (χ4v) is 4.28. The van der Waals surface area contributed by atoms with Crippen molar-refractivity contribution in [2.24, 2.45) is 5.73 Å². The highest BCUT2D eigenvalue weighted by molar-refractivity contribution is 5.93. The van der Waals surface area contributed by atoms with Crippen LogP contribution in [0.2, 0.25) is 0 Å². The van der Waals surface area contributed by atoms with Crippen molar-refractivity contribution >= 4 is 22.6 Å². The van der Waals surface area contributed by atoms with Crippen LogP contribution in [0.25, 0.3) is 10.9 Å². The van der Waals surface area contributed by atoms with Crippen molar-refractivity contribution in [2.75, 3.05) is 44.2 Å². The van der Waals surface area contributed by atoms with E-state index in [2.05, 4.69) is 4.90 Å². The molecule has 2 heterocycles. The van der Waals surface area contributed by atoms with Crippen molar-refractivity contribution in [2.45, 2.75) is 38.1 Å². The normalized spacial score (nSPS) is 17.6. The number of rotatable bonds is 8. The van der Waals surface area contributed by atoms with E-state index < -0.39 is 17.2 Å². The Morgan fingerprint density at radius 2 is 1.87 bits per heavy atom. The summed E-state index contributed by atoms with van der Waals surface area (Å²) in [4.78, 5) is 28.5. The summed E-state index contributed by atoms with van der Waals surface area (Å²) in [6, 6.07) is 3.12. The summed E-state index contributed by atoms with van der Waals surface area (Å²) in [7, 11) is 0. The maximum atomic E-state index is 15.0. The number of aromatic carboxylic acids is 1. The summed E-state index contributed by atoms with van der Waals surface area (Å²) >= 11 is 0. The van der Waals surface area contributed by atoms with E-state index in [1.165, 1.54) is 12.3 Å². The quantitative estimate of drug-likeness (QED) is 0.642. The average Bonchev–Trinajstić information content (AvgIpc) is 3.57. The number of anilines is 1. The van der Waals surface area contributed by atoms with Crippen LogP contribution in [0, 0.1) is 5.82 Å². The Bertz CT molecular complexity index is 994. The van der Waals surface area contributed by atoms with Crippen molar-refractivity contribution in [3.63, 3.8) is 0 Å². The predicted molar refractivity (Wildman–Crippen MR) is 115 cm³/mol. The number of carboxylic acid groups (broad SMARTS) is 1. The first-order valence-electron chi connectivity index (χ1n) is 10.8. The summed E-state index contributed by atoms with van der Waals surface area (Å²) < 4.78 is 16.8. The first kappa shape index (κ1) is 20.8. The van der Waals surface area contributed by atoms with Crippen molar-refractivity contribution in [1.29, 1.82) is 0 Å². The Hall–Kier alpha value is -2.45. The molecule has 162 valence electrons. The highest BCUT2D eigenvalue weighted by Crippen LogP contribution is 2.38. The average molecular weight is 416 g/mol. The molecule has 1 aliphatic heterocycles. The summed E-state index contributed by atoms with van der Waals surface area (Å²) in [6.07, 6.45) is 6.60. The number of benzene rings is 1. The number of piperazine rings is 1. The number of pyridine rings is 1. The lowest BCUT2D eigenvalue weighted by molar-refractivity contribution is 0.0695. The SMILES string of the molecule is NCCCCCN1CCN(c2cc3c(cc2F)c(=O)c(C(=O)O)cn3C2CC2)CC1. The molecular weight excluding hydrogens is 387 g/mol. The number of nitrogens with zero attached hydrogens (tertiary/aromatic N) is 3. The lowest BCUT2D eigenvalue weighted by Crippen LogP contribution is -2.47. The molecule has 0 spiro atoms. The van der Waals surface area contributed by atoms with Gasteiger partial charge in [0.1, 0.15) is 11.4 Å². The van der Waals surface area contributed by atoms with Crippen LogP contribution in [-0.4, -0.2) is 59.8 Å². The monoisotopic (exact) mass is 416 g/mol. The molecule has 1 aliphatic carbocycles. The number of fused-ring (bicyclic) bond motifs is 1. The zero-order valence-electron chi connectivity index (χ0n) is 17.1. The van der Waals surface area contributed by atoms with Crippen LogP contribution in [-0.2, 0) is 0 Å². The van der Waals surface area contributed by atoms with Crippen LogP contribution in [0.15, 0.2) is 23.1 Å². The molecule has 4 rings (SSSR count). The van der Waals surface area contributed by atoms with Gasteiger partial charge in [-0.15, -0.1) is 0 Å². The van der Waals surface area contributed by atoms with Gasteiger partial charge in [-0.1, -0.05) is 6.42 Å². The third kappa shape index (κ3) is 4.20. The summed E-state index contributed by atoms with van der Waals surface area (Å²) in [5.41, 5.74) is 5.73. The molecule has 1 aromatic carbocycles. The number of unbranched alkanes of at least 4 members (excludes halogenated alkanes) is 2. The second kappa shape index (κ2) is 8.73. The molecule has 1 saturated carbocycles. The fourth-order valence-electron chi connectivity index (χ4n) is 4.28. The second-order valence-corrected chi connectivity index (χ2v) is 8.31. The Kier molecular flexibility index (Phi) is 6.06. The van der Waals surface area contributed by atoms with Gasteiger partial charge >= 0.3 is 5.97 Å². The largest absolute Gasteiger partial charge is 0.477 e. The molecule has 1 aromatic heterocycles. The molecule has 1 saturated heterocycles. The Labute approximate surface area is 174 Å². The first-order chi connectivity index (χ1) is 14.5. The highest BCUT2D eigenvalue weighted by Gasteiger charge is 2.28. The Morgan fingerprint density at radius 1 is 1.13 bits per heavy atom. The molecule has 30 heavy (non-hydrogen) atoms. The summed E-state index contributed by atoms with van der Waals surface area (Å²) in [5.74, 6) is -1.75. The summed E-state index contributed by atoms with van der Waals surface area (Å²) in [6.45, 7) is 4.95. The second-order valence-electron chi connectivity index (χ2n) is 8.31. The maximum absolute atomic E-state index is 15.0. The number of aromatic nitrogens is 1. The zero-order valence-corrected chi connectivity index (χ0v) is 17.1. The fraction of sp³-hybridized carbons (Fsp3) is 0.545. The molecule has 2 fully saturated rings. The molecule has 8 heteroatoms. The highest BCUT2D eigenvalue weighted by atomic mass is 19.1. The Balaban J connectivity index is 1.58. The third-order valence-electron chi connectivity index (χ3n) is 6.16. The van der Waals surface area contributed by atoms with Gasteiger partial charge in [0, 0.05) is 43.8 Å². The third-order valence-corrected chi connectivity index (χ3v) is 6.16. The lowest BCUT2D eigenvalue weighted by Gasteiger charge is -2.36. The van der Waals surface area contributed by atoms with Crippen LogP contribution in [0.5, 0.6) is 0 Å². The number of halogens is 1. The van der Waals surface area contributed by atoms with E-state index in [4.69, 9.17) is 5.73 Å². The van der Waals surface area contributed by atoms with E-state index in [1.54, 1.807) is 6.07 Å². The van der Waals surface area contributed by atoms with Gasteiger partial charge in [-0.2, -0.15) is 0 Å². The van der Waals surface area contributed by atoms with Gasteiger partial charge in [0.25, 0.3) is 0 Å². The van der Waals surface area contributed by atoms with Gasteiger partial charge in [0.15, 0.2) is 0 Å². The first-order valence-corrected chi connectivity index (χ1v) is 10.8. The van der Waals surface area contributed by atoms with Gasteiger partial charge in [-0.25, -0.2) is 9.18 Å². The molecule has 2 aliphatic rings. The van der Waals surface area contributed by atoms with E-state index in [0.29, 0.717) is 11.2 Å². The van der Waals surface area contributed by atoms with Crippen LogP contribution >= 0.6 is 0 Å². The van der Waals surface area contributed by atoms with Gasteiger partial charge in [0.05, 0.1) is 11.2 Å². The molecule has 0 radical (unpaired) electrons. The van der Waals surface area contributed by atoms with Crippen molar-refractivity contribution in [1.82, 2.24) is 9.47 Å². The van der Waals surface area contributed by atoms with E-state index in [0.717, 1.165) is 71.4 Å². The smallest absolute Gasteiger partial charge is 0.341 e. The molecule has 7 nitrogen and oxygen atoms in total. The van der Waals surface area contributed by atoms with Crippen molar-refractivity contribution in [3.05, 3.63) is 39.9 Å². The number of hydrogen-bond donors (Lipinski definition) is 2. The van der Waals surface area contributed by atoms with Crippen molar-refractivity contribution < 1.29 is 14.3 Å². The predicted octanol–water partition coefficient (Wildman–Crippen LogP) is 2.42. The zero-order chi connectivity index (χ0) is 21.3. The Morgan fingerprint density at radius 3 is 2.50 bits per heavy atom. The van der Waals surface area contributed by atoms with Crippen LogP contribution in [0.3, 0.4) is 0 Å². The van der Waals surface area contributed by atoms with E-state index in [1.807, 2.05) is 9.47 Å². The minimum Gasteiger partial charge on any atom is -0.477 e. The van der Waals surface area contributed by atoms with Crippen molar-refractivity contribution in [3.8, 4) is 0 Å². The molecule has 3 N–H and O–H groups in total. The number of nitrogens with two attached hydrogens (primary N) is 1. The van der Waals surface area contributed by atoms with Gasteiger partial charge in [0.2, 0.25) is 5.43 Å². The lowest BCUT2D eigenvalue weighted by atomic mass is 10.1. The number of carboxylic acids is 1. The molecular formula is C22H29FN4O3. The molecule has 2 aromatic rings. The van der Waals surface area contributed by atoms with Gasteiger partial charge in [-0.05, 0) is 50.9 Å². The maximum Gasteiger partial charge on any atom is 0.341 e. The standard InChI is InChI=1S/C22H29FN4O3/c23-18-12-16-19(27(15-4-5-15)14-17(21(16)28)22(29)30)13-20(18)26-10-8-25(9-11-26)7-3-1-2-6-24/h12-15H,1-11,24H2,(H,29,30). The molecule has 0 amide bonds. The van der Waals surface area contributed by atoms with E-state index in [-0.39, 0.29) is 17.0 Å². The molecule has 0 unspecified atom stereocenters. The van der Waals surface area contributed by atoms with E-state index in [9.17, 15) is 19.1 Å². The van der Waals surface area contributed by atoms with E-state index >= 15 is 0 Å². The molecule has 0 atom stereocenters. The number of carbonyl (C=O) groups is 1. The topological polar surface area (TPSA) is 91.8 Å². The van der Waals surface area contributed by atoms with Gasteiger partial charge in [-0.3, -0.25) is 9.69 Å². The van der Waals surface area contributed by atoms with Gasteiger partial charge < -0.3 is 20.3 Å². The minimum absolute atomic E-state index is 0.140. The van der Waals surface area contributed by atoms with Crippen LogP contribution in [0.1, 0.15) is 48.5 Å².